The molecule has 4 nitrogen and oxygen atoms in total. The van der Waals surface area contributed by atoms with Gasteiger partial charge < -0.3 is 15.7 Å². The van der Waals surface area contributed by atoms with Gasteiger partial charge in [-0.25, -0.2) is 0 Å². The molecular weight excluding hydrogens is 202 g/mol. The van der Waals surface area contributed by atoms with E-state index in [0.29, 0.717) is 11.3 Å². The summed E-state index contributed by atoms with van der Waals surface area (Å²) < 4.78 is 0. The summed E-state index contributed by atoms with van der Waals surface area (Å²) in [4.78, 5) is 2.12. The number of nitrogens with two attached hydrogens (primary N) is 1. The highest BCUT2D eigenvalue weighted by Gasteiger charge is 2.06. The molecule has 0 unspecified atom stereocenters. The van der Waals surface area contributed by atoms with Gasteiger partial charge in [0.1, 0.15) is 6.07 Å². The summed E-state index contributed by atoms with van der Waals surface area (Å²) in [5.74, 6) is 0. The van der Waals surface area contributed by atoms with Crippen molar-refractivity contribution in [2.75, 3.05) is 30.3 Å². The van der Waals surface area contributed by atoms with Crippen molar-refractivity contribution >= 4 is 11.4 Å². The zero-order valence-electron chi connectivity index (χ0n) is 9.48. The molecule has 1 aromatic rings. The van der Waals surface area contributed by atoms with Crippen molar-refractivity contribution < 1.29 is 5.11 Å². The molecule has 0 aromatic heterocycles. The van der Waals surface area contributed by atoms with E-state index in [1.54, 1.807) is 12.1 Å². The second-order valence-electron chi connectivity index (χ2n) is 3.54. The maximum Gasteiger partial charge on any atom is 0.101 e. The Labute approximate surface area is 95.9 Å². The second-order valence-corrected chi connectivity index (χ2v) is 3.54. The van der Waals surface area contributed by atoms with E-state index in [2.05, 4.69) is 4.90 Å². The molecule has 3 N–H and O–H groups in total. The molecule has 16 heavy (non-hydrogen) atoms. The molecule has 0 radical (unpaired) electrons. The maximum absolute atomic E-state index is 8.80. The Kier molecular flexibility index (Phi) is 4.62. The lowest BCUT2D eigenvalue weighted by molar-refractivity contribution is 0.289. The molecule has 0 heterocycles. The molecule has 0 fully saturated rings. The van der Waals surface area contributed by atoms with E-state index in [-0.39, 0.29) is 6.61 Å². The van der Waals surface area contributed by atoms with Crippen molar-refractivity contribution in [1.29, 1.82) is 5.26 Å². The van der Waals surface area contributed by atoms with Gasteiger partial charge in [0.25, 0.3) is 0 Å². The molecule has 0 saturated heterocycles. The normalized spacial score (nSPS) is 9.81. The van der Waals surface area contributed by atoms with Crippen LogP contribution in [0.1, 0.15) is 18.9 Å². The molecule has 4 heteroatoms. The summed E-state index contributed by atoms with van der Waals surface area (Å²) in [6, 6.07) is 7.46. The quantitative estimate of drug-likeness (QED) is 0.733. The second kappa shape index (κ2) is 5.99. The number of hydrogen-bond acceptors (Lipinski definition) is 4. The molecule has 1 aromatic carbocycles. The minimum Gasteiger partial charge on any atom is -0.398 e. The van der Waals surface area contributed by atoms with Gasteiger partial charge in [-0.15, -0.1) is 0 Å². The highest BCUT2D eigenvalue weighted by atomic mass is 16.3. The minimum atomic E-state index is 0.183. The summed E-state index contributed by atoms with van der Waals surface area (Å²) in [7, 11) is 0. The molecule has 86 valence electrons. The van der Waals surface area contributed by atoms with Gasteiger partial charge in [0.05, 0.1) is 11.3 Å². The third-order valence-corrected chi connectivity index (χ3v) is 2.49. The van der Waals surface area contributed by atoms with Crippen LogP contribution < -0.4 is 10.6 Å². The Morgan fingerprint density at radius 2 is 2.25 bits per heavy atom. The maximum atomic E-state index is 8.80. The monoisotopic (exact) mass is 219 g/mol. The minimum absolute atomic E-state index is 0.183. The number of aliphatic hydroxyl groups is 1. The lowest BCUT2D eigenvalue weighted by Gasteiger charge is -2.23. The van der Waals surface area contributed by atoms with Crippen LogP contribution in [0.15, 0.2) is 18.2 Å². The third-order valence-electron chi connectivity index (χ3n) is 2.49. The van der Waals surface area contributed by atoms with E-state index in [4.69, 9.17) is 16.1 Å². The van der Waals surface area contributed by atoms with E-state index in [9.17, 15) is 0 Å². The first kappa shape index (κ1) is 12.3. The number of anilines is 2. The lowest BCUT2D eigenvalue weighted by atomic mass is 10.1. The van der Waals surface area contributed by atoms with Crippen molar-refractivity contribution in [3.05, 3.63) is 23.8 Å². The molecule has 0 aliphatic heterocycles. The van der Waals surface area contributed by atoms with E-state index < -0.39 is 0 Å². The van der Waals surface area contributed by atoms with Crippen LogP contribution in [0.25, 0.3) is 0 Å². The molecule has 0 bridgehead atoms. The summed E-state index contributed by atoms with van der Waals surface area (Å²) in [5, 5.41) is 17.6. The molecule has 0 aliphatic rings. The smallest absolute Gasteiger partial charge is 0.101 e. The van der Waals surface area contributed by atoms with Gasteiger partial charge in [-0.1, -0.05) is 0 Å². The summed E-state index contributed by atoms with van der Waals surface area (Å²) in [5.41, 5.74) is 7.75. The zero-order valence-corrected chi connectivity index (χ0v) is 9.48. The molecular formula is C12H17N3O. The number of rotatable bonds is 5. The predicted molar refractivity (Wildman–Crippen MR) is 65.2 cm³/mol. The van der Waals surface area contributed by atoms with Crippen LogP contribution in [0.5, 0.6) is 0 Å². The first-order chi connectivity index (χ1) is 7.72. The van der Waals surface area contributed by atoms with Gasteiger partial charge >= 0.3 is 0 Å². The Hall–Kier alpha value is -1.73. The molecule has 0 amide bonds. The van der Waals surface area contributed by atoms with Gasteiger partial charge in [-0.3, -0.25) is 0 Å². The molecule has 0 atom stereocenters. The van der Waals surface area contributed by atoms with Crippen molar-refractivity contribution in [3.63, 3.8) is 0 Å². The van der Waals surface area contributed by atoms with Crippen LogP contribution in [0.4, 0.5) is 11.4 Å². The van der Waals surface area contributed by atoms with Crippen molar-refractivity contribution in [1.82, 2.24) is 0 Å². The fourth-order valence-electron chi connectivity index (χ4n) is 1.58. The molecule has 0 aliphatic carbocycles. The van der Waals surface area contributed by atoms with E-state index in [1.807, 2.05) is 19.1 Å². The average Bonchev–Trinajstić information content (AvgIpc) is 2.30. The predicted octanol–water partition coefficient (Wildman–Crippen LogP) is 1.35. The zero-order chi connectivity index (χ0) is 12.0. The van der Waals surface area contributed by atoms with Crippen LogP contribution in [-0.4, -0.2) is 24.8 Å². The van der Waals surface area contributed by atoms with Crippen LogP contribution in [0.2, 0.25) is 0 Å². The fraction of sp³-hybridized carbons (Fsp3) is 0.417. The first-order valence-corrected chi connectivity index (χ1v) is 5.38. The van der Waals surface area contributed by atoms with Gasteiger partial charge in [0, 0.05) is 25.4 Å². The van der Waals surface area contributed by atoms with E-state index in [0.717, 1.165) is 25.2 Å². The van der Waals surface area contributed by atoms with E-state index in [1.165, 1.54) is 0 Å². The van der Waals surface area contributed by atoms with Crippen molar-refractivity contribution in [2.45, 2.75) is 13.3 Å². The van der Waals surface area contributed by atoms with Gasteiger partial charge in [-0.2, -0.15) is 5.26 Å². The summed E-state index contributed by atoms with van der Waals surface area (Å²) in [6.45, 7) is 3.87. The number of nitrogen functional groups attached to an aromatic ring is 1. The van der Waals surface area contributed by atoms with Crippen LogP contribution >= 0.6 is 0 Å². The van der Waals surface area contributed by atoms with Crippen molar-refractivity contribution in [3.8, 4) is 6.07 Å². The Morgan fingerprint density at radius 1 is 1.50 bits per heavy atom. The Morgan fingerprint density at radius 3 is 2.75 bits per heavy atom. The highest BCUT2D eigenvalue weighted by Crippen LogP contribution is 2.21. The fourth-order valence-corrected chi connectivity index (χ4v) is 1.58. The van der Waals surface area contributed by atoms with Crippen LogP contribution in [0.3, 0.4) is 0 Å². The summed E-state index contributed by atoms with van der Waals surface area (Å²) in [6.07, 6.45) is 0.730. The largest absolute Gasteiger partial charge is 0.398 e. The number of nitrogens with zero attached hydrogens (tertiary/aromatic N) is 2. The standard InChI is InChI=1S/C12H17N3O/c1-2-15(6-3-7-16)11-5-4-10(9-13)12(14)8-11/h4-5,8,16H,2-3,6-7,14H2,1H3. The number of benzene rings is 1. The third kappa shape index (κ3) is 2.88. The highest BCUT2D eigenvalue weighted by molar-refractivity contribution is 5.63. The number of nitriles is 1. The number of hydrogen-bond donors (Lipinski definition) is 2. The van der Waals surface area contributed by atoms with Crippen LogP contribution in [-0.2, 0) is 0 Å². The molecule has 0 saturated carbocycles. The average molecular weight is 219 g/mol. The van der Waals surface area contributed by atoms with Crippen molar-refractivity contribution in [2.24, 2.45) is 0 Å². The first-order valence-electron chi connectivity index (χ1n) is 5.38. The Bertz CT molecular complexity index is 384. The Balaban J connectivity index is 2.86. The van der Waals surface area contributed by atoms with E-state index >= 15 is 0 Å². The molecule has 1 rings (SSSR count). The lowest BCUT2D eigenvalue weighted by Crippen LogP contribution is -2.24. The van der Waals surface area contributed by atoms with Crippen LogP contribution in [0, 0.1) is 11.3 Å². The van der Waals surface area contributed by atoms with Gasteiger partial charge in [-0.05, 0) is 31.5 Å². The number of aliphatic hydroxyl groups excluding tert-OH is 1. The SMILES string of the molecule is CCN(CCCO)c1ccc(C#N)c(N)c1. The summed E-state index contributed by atoms with van der Waals surface area (Å²) >= 11 is 0. The molecule has 0 spiro atoms. The topological polar surface area (TPSA) is 73.3 Å². The van der Waals surface area contributed by atoms with Gasteiger partial charge in [0.15, 0.2) is 0 Å². The van der Waals surface area contributed by atoms with Gasteiger partial charge in [0.2, 0.25) is 0 Å².